The van der Waals surface area contributed by atoms with Crippen molar-refractivity contribution in [3.63, 3.8) is 0 Å². The average molecular weight is 258 g/mol. The maximum Gasteiger partial charge on any atom is 0.0638 e. The molecule has 0 aliphatic heterocycles. The number of nitrogen functional groups attached to an aromatic ring is 1. The van der Waals surface area contributed by atoms with Crippen LogP contribution in [0.5, 0.6) is 0 Å². The van der Waals surface area contributed by atoms with Gasteiger partial charge in [-0.2, -0.15) is 0 Å². The molecule has 0 aliphatic rings. The molecule has 0 saturated heterocycles. The van der Waals surface area contributed by atoms with E-state index in [0.717, 1.165) is 22.8 Å². The van der Waals surface area contributed by atoms with Crippen LogP contribution >= 0.6 is 11.8 Å². The van der Waals surface area contributed by atoms with Gasteiger partial charge in [0, 0.05) is 11.1 Å². The monoisotopic (exact) mass is 258 g/mol. The summed E-state index contributed by atoms with van der Waals surface area (Å²) in [4.78, 5) is 5.13. The van der Waals surface area contributed by atoms with Gasteiger partial charge in [0.2, 0.25) is 0 Å². The number of hydrogen-bond acceptors (Lipinski definition) is 3. The van der Waals surface area contributed by atoms with E-state index in [-0.39, 0.29) is 0 Å². The molecule has 0 aliphatic carbocycles. The van der Waals surface area contributed by atoms with Crippen LogP contribution in [0.3, 0.4) is 0 Å². The van der Waals surface area contributed by atoms with E-state index >= 15 is 0 Å². The maximum absolute atomic E-state index is 5.84. The predicted molar refractivity (Wildman–Crippen MR) is 78.8 cm³/mol. The Kier molecular flexibility index (Phi) is 5.09. The third kappa shape index (κ3) is 4.08. The van der Waals surface area contributed by atoms with Crippen LogP contribution in [-0.4, -0.2) is 10.7 Å². The number of hydrogen-bond donors (Lipinski definition) is 1. The number of nitrogens with zero attached hydrogens (tertiary/aromatic N) is 1. The zero-order chi connectivity index (χ0) is 12.6. The minimum Gasteiger partial charge on any atom is -0.397 e. The first kappa shape index (κ1) is 13.0. The molecule has 0 unspecified atom stereocenters. The van der Waals surface area contributed by atoms with E-state index in [1.54, 1.807) is 12.4 Å². The Hall–Kier alpha value is -1.48. The molecule has 0 fully saturated rings. The molecule has 18 heavy (non-hydrogen) atoms. The average Bonchev–Trinajstić information content (AvgIpc) is 2.42. The van der Waals surface area contributed by atoms with Gasteiger partial charge in [0.15, 0.2) is 0 Å². The van der Waals surface area contributed by atoms with Crippen molar-refractivity contribution in [2.45, 2.75) is 24.2 Å². The second-order valence-corrected chi connectivity index (χ2v) is 5.34. The van der Waals surface area contributed by atoms with Gasteiger partial charge in [0.25, 0.3) is 0 Å². The molecular formula is C15H18N2S. The van der Waals surface area contributed by atoms with E-state index in [1.807, 2.05) is 17.8 Å². The number of pyridine rings is 1. The standard InChI is InChI=1S/C15H18N2S/c16-14-12-17-10-9-15(14)18-11-5-4-8-13-6-2-1-3-7-13/h1-3,6-7,9-10,12H,4-5,8,11,16H2. The van der Waals surface area contributed by atoms with Gasteiger partial charge in [-0.15, -0.1) is 11.8 Å². The zero-order valence-corrected chi connectivity index (χ0v) is 11.2. The summed E-state index contributed by atoms with van der Waals surface area (Å²) < 4.78 is 0. The van der Waals surface area contributed by atoms with Crippen molar-refractivity contribution >= 4 is 17.4 Å². The highest BCUT2D eigenvalue weighted by atomic mass is 32.2. The first-order chi connectivity index (χ1) is 8.86. The number of nitrogens with two attached hydrogens (primary N) is 1. The SMILES string of the molecule is Nc1cnccc1SCCCCc1ccccc1. The van der Waals surface area contributed by atoms with Gasteiger partial charge in [-0.1, -0.05) is 30.3 Å². The molecule has 0 radical (unpaired) electrons. The van der Waals surface area contributed by atoms with Gasteiger partial charge >= 0.3 is 0 Å². The number of aryl methyl sites for hydroxylation is 1. The molecule has 3 heteroatoms. The third-order valence-electron chi connectivity index (χ3n) is 2.77. The largest absolute Gasteiger partial charge is 0.397 e. The van der Waals surface area contributed by atoms with E-state index in [4.69, 9.17) is 5.73 Å². The molecule has 0 atom stereocenters. The minimum absolute atomic E-state index is 0.783. The molecule has 2 N–H and O–H groups in total. The summed E-state index contributed by atoms with van der Waals surface area (Å²) in [5.74, 6) is 1.11. The molecule has 94 valence electrons. The van der Waals surface area contributed by atoms with E-state index < -0.39 is 0 Å². The van der Waals surface area contributed by atoms with Crippen LogP contribution in [-0.2, 0) is 6.42 Å². The maximum atomic E-state index is 5.84. The van der Waals surface area contributed by atoms with E-state index in [2.05, 4.69) is 35.3 Å². The summed E-state index contributed by atoms with van der Waals surface area (Å²) >= 11 is 1.82. The molecule has 1 aromatic heterocycles. The molecule has 2 nitrogen and oxygen atoms in total. The Morgan fingerprint density at radius 2 is 1.89 bits per heavy atom. The van der Waals surface area contributed by atoms with Crippen LogP contribution in [0.25, 0.3) is 0 Å². The fourth-order valence-electron chi connectivity index (χ4n) is 1.78. The van der Waals surface area contributed by atoms with Crippen molar-refractivity contribution in [2.24, 2.45) is 0 Å². The highest BCUT2D eigenvalue weighted by Crippen LogP contribution is 2.24. The lowest BCUT2D eigenvalue weighted by atomic mass is 10.1. The minimum atomic E-state index is 0.783. The fourth-order valence-corrected chi connectivity index (χ4v) is 2.73. The van der Waals surface area contributed by atoms with Crippen LogP contribution in [0.4, 0.5) is 5.69 Å². The van der Waals surface area contributed by atoms with E-state index in [0.29, 0.717) is 0 Å². The van der Waals surface area contributed by atoms with Crippen molar-refractivity contribution in [3.8, 4) is 0 Å². The van der Waals surface area contributed by atoms with Gasteiger partial charge in [-0.3, -0.25) is 4.98 Å². The molecule has 0 spiro atoms. The van der Waals surface area contributed by atoms with Crippen LogP contribution in [0.15, 0.2) is 53.7 Å². The van der Waals surface area contributed by atoms with Crippen LogP contribution in [0, 0.1) is 0 Å². The van der Waals surface area contributed by atoms with Gasteiger partial charge in [-0.05, 0) is 36.6 Å². The number of rotatable bonds is 6. The number of thioether (sulfide) groups is 1. The number of aromatic nitrogens is 1. The summed E-state index contributed by atoms with van der Waals surface area (Å²) in [6.07, 6.45) is 7.10. The lowest BCUT2D eigenvalue weighted by molar-refractivity contribution is 0.802. The van der Waals surface area contributed by atoms with Crippen molar-refractivity contribution in [3.05, 3.63) is 54.4 Å². The number of unbranched alkanes of at least 4 members (excludes halogenated alkanes) is 1. The molecule has 1 aromatic carbocycles. The van der Waals surface area contributed by atoms with Gasteiger partial charge in [0.1, 0.15) is 0 Å². The summed E-state index contributed by atoms with van der Waals surface area (Å²) in [6.45, 7) is 0. The molecule has 0 saturated carbocycles. The Bertz CT molecular complexity index is 471. The molecule has 2 aromatic rings. The lowest BCUT2D eigenvalue weighted by Crippen LogP contribution is -1.91. The zero-order valence-electron chi connectivity index (χ0n) is 10.4. The normalized spacial score (nSPS) is 10.4. The van der Waals surface area contributed by atoms with E-state index in [1.165, 1.54) is 18.4 Å². The summed E-state index contributed by atoms with van der Waals surface area (Å²) in [6, 6.07) is 12.6. The summed E-state index contributed by atoms with van der Waals surface area (Å²) in [5.41, 5.74) is 8.05. The molecule has 0 amide bonds. The van der Waals surface area contributed by atoms with Crippen LogP contribution in [0.1, 0.15) is 18.4 Å². The van der Waals surface area contributed by atoms with Gasteiger partial charge < -0.3 is 5.73 Å². The van der Waals surface area contributed by atoms with Crippen LogP contribution < -0.4 is 5.73 Å². The number of anilines is 1. The summed E-state index contributed by atoms with van der Waals surface area (Å²) in [5, 5.41) is 0. The van der Waals surface area contributed by atoms with Gasteiger partial charge in [0.05, 0.1) is 11.9 Å². The van der Waals surface area contributed by atoms with Gasteiger partial charge in [-0.25, -0.2) is 0 Å². The highest BCUT2D eigenvalue weighted by molar-refractivity contribution is 7.99. The Morgan fingerprint density at radius 3 is 2.67 bits per heavy atom. The first-order valence-corrected chi connectivity index (χ1v) is 7.21. The predicted octanol–water partition coefficient (Wildman–Crippen LogP) is 3.78. The molecule has 0 bridgehead atoms. The Balaban J connectivity index is 1.66. The smallest absolute Gasteiger partial charge is 0.0638 e. The van der Waals surface area contributed by atoms with Crippen molar-refractivity contribution in [1.82, 2.24) is 4.98 Å². The lowest BCUT2D eigenvalue weighted by Gasteiger charge is -2.04. The number of benzene rings is 1. The molecular weight excluding hydrogens is 240 g/mol. The Morgan fingerprint density at radius 1 is 1.06 bits per heavy atom. The molecule has 2 rings (SSSR count). The summed E-state index contributed by atoms with van der Waals surface area (Å²) in [7, 11) is 0. The van der Waals surface area contributed by atoms with Crippen molar-refractivity contribution in [1.29, 1.82) is 0 Å². The third-order valence-corrected chi connectivity index (χ3v) is 3.95. The molecule has 1 heterocycles. The van der Waals surface area contributed by atoms with Crippen molar-refractivity contribution in [2.75, 3.05) is 11.5 Å². The second-order valence-electron chi connectivity index (χ2n) is 4.20. The highest BCUT2D eigenvalue weighted by Gasteiger charge is 1.99. The van der Waals surface area contributed by atoms with Crippen LogP contribution in [0.2, 0.25) is 0 Å². The topological polar surface area (TPSA) is 38.9 Å². The van der Waals surface area contributed by atoms with E-state index in [9.17, 15) is 0 Å². The first-order valence-electron chi connectivity index (χ1n) is 6.22. The second kappa shape index (κ2) is 7.07. The Labute approximate surface area is 113 Å². The van der Waals surface area contributed by atoms with Crippen molar-refractivity contribution < 1.29 is 0 Å². The fraction of sp³-hybridized carbons (Fsp3) is 0.267. The quantitative estimate of drug-likeness (QED) is 0.633.